The minimum atomic E-state index is 0. The third-order valence-corrected chi connectivity index (χ3v) is 5.59. The molecule has 2 heterocycles. The Kier molecular flexibility index (Phi) is 10.3. The van der Waals surface area contributed by atoms with Gasteiger partial charge in [0, 0.05) is 35.4 Å². The summed E-state index contributed by atoms with van der Waals surface area (Å²) in [5.41, 5.74) is 8.06. The monoisotopic (exact) mass is 552 g/mol. The fraction of sp³-hybridized carbons (Fsp3) is 0.214. The number of halogens is 2. The molecule has 0 aliphatic rings. The van der Waals surface area contributed by atoms with E-state index < -0.39 is 0 Å². The van der Waals surface area contributed by atoms with Gasteiger partial charge in [0.05, 0.1) is 0 Å². The number of hydrogen-bond acceptors (Lipinski definition) is 0. The van der Waals surface area contributed by atoms with E-state index in [9.17, 15) is 0 Å². The highest BCUT2D eigenvalue weighted by atomic mass is 79.9. The third-order valence-electron chi connectivity index (χ3n) is 5.59. The molecule has 0 bridgehead atoms. The van der Waals surface area contributed by atoms with Crippen molar-refractivity contribution < 1.29 is 43.1 Å². The first kappa shape index (κ1) is 26.0. The van der Waals surface area contributed by atoms with E-state index in [-0.39, 0.29) is 34.0 Å². The molecular weight excluding hydrogens is 524 g/mol. The molecule has 2 aromatic heterocycles. The van der Waals surface area contributed by atoms with Crippen LogP contribution in [0.4, 0.5) is 0 Å². The Morgan fingerprint density at radius 3 is 1.03 bits per heavy atom. The molecule has 0 radical (unpaired) electrons. The van der Waals surface area contributed by atoms with E-state index >= 15 is 0 Å². The van der Waals surface area contributed by atoms with Gasteiger partial charge >= 0.3 is 0 Å². The molecule has 4 heteroatoms. The van der Waals surface area contributed by atoms with Gasteiger partial charge in [0.2, 0.25) is 0 Å². The summed E-state index contributed by atoms with van der Waals surface area (Å²) >= 11 is 0. The average Bonchev–Trinajstić information content (AvgIpc) is 2.77. The van der Waals surface area contributed by atoms with Crippen LogP contribution in [0, 0.1) is 13.8 Å². The largest absolute Gasteiger partial charge is 1.00 e. The summed E-state index contributed by atoms with van der Waals surface area (Å²) in [5.74, 6) is 0. The van der Waals surface area contributed by atoms with Gasteiger partial charge in [-0.3, -0.25) is 0 Å². The molecule has 0 saturated carbocycles. The van der Waals surface area contributed by atoms with Crippen LogP contribution >= 0.6 is 0 Å². The van der Waals surface area contributed by atoms with E-state index in [4.69, 9.17) is 0 Å². The molecule has 0 unspecified atom stereocenters. The van der Waals surface area contributed by atoms with Crippen molar-refractivity contribution in [3.63, 3.8) is 0 Å². The molecule has 0 spiro atoms. The van der Waals surface area contributed by atoms with Crippen LogP contribution in [0.2, 0.25) is 0 Å². The van der Waals surface area contributed by atoms with Gasteiger partial charge in [-0.1, -0.05) is 48.5 Å². The first-order chi connectivity index (χ1) is 14.6. The molecule has 0 amide bonds. The molecule has 2 aromatic carbocycles. The van der Waals surface area contributed by atoms with Crippen molar-refractivity contribution in [1.29, 1.82) is 0 Å². The summed E-state index contributed by atoms with van der Waals surface area (Å²) in [6, 6.07) is 26.7. The second-order valence-corrected chi connectivity index (χ2v) is 8.23. The van der Waals surface area contributed by atoms with E-state index in [0.717, 1.165) is 25.9 Å². The van der Waals surface area contributed by atoms with Crippen molar-refractivity contribution in [2.24, 2.45) is 0 Å². The van der Waals surface area contributed by atoms with Crippen molar-refractivity contribution in [2.75, 3.05) is 0 Å². The van der Waals surface area contributed by atoms with Gasteiger partial charge < -0.3 is 34.0 Å². The van der Waals surface area contributed by atoms with Crippen LogP contribution in [-0.4, -0.2) is 0 Å². The SMILES string of the molecule is Cc1cc[n+](Cc2ccc(CCc3ccc(C[n+]4ccc(C)cc4)cc3)cc2)cc1.[Br-].[Br-]. The Balaban J connectivity index is 0.00000181. The van der Waals surface area contributed by atoms with Gasteiger partial charge in [0.1, 0.15) is 0 Å². The fourth-order valence-electron chi connectivity index (χ4n) is 3.61. The summed E-state index contributed by atoms with van der Waals surface area (Å²) in [6.45, 7) is 6.08. The molecule has 0 aliphatic carbocycles. The van der Waals surface area contributed by atoms with E-state index in [1.807, 2.05) is 0 Å². The zero-order valence-electron chi connectivity index (χ0n) is 18.7. The molecule has 0 saturated heterocycles. The average molecular weight is 554 g/mol. The maximum absolute atomic E-state index is 2.27. The van der Waals surface area contributed by atoms with Crippen LogP contribution in [0.3, 0.4) is 0 Å². The van der Waals surface area contributed by atoms with Gasteiger partial charge in [0.15, 0.2) is 37.9 Å². The quantitative estimate of drug-likeness (QED) is 0.253. The molecule has 4 rings (SSSR count). The van der Waals surface area contributed by atoms with E-state index in [1.165, 1.54) is 33.4 Å². The van der Waals surface area contributed by atoms with Crippen molar-refractivity contribution in [3.8, 4) is 0 Å². The number of nitrogens with zero attached hydrogens (tertiary/aromatic N) is 2. The lowest BCUT2D eigenvalue weighted by Crippen LogP contribution is -3.00. The van der Waals surface area contributed by atoms with E-state index in [2.05, 4.69) is 121 Å². The van der Waals surface area contributed by atoms with Crippen LogP contribution in [0.5, 0.6) is 0 Å². The Morgan fingerprint density at radius 1 is 0.438 bits per heavy atom. The lowest BCUT2D eigenvalue weighted by Gasteiger charge is -2.05. The number of benzene rings is 2. The van der Waals surface area contributed by atoms with Crippen LogP contribution in [-0.2, 0) is 25.9 Å². The minimum Gasteiger partial charge on any atom is -1.00 e. The first-order valence-corrected chi connectivity index (χ1v) is 10.7. The second-order valence-electron chi connectivity index (χ2n) is 8.23. The lowest BCUT2D eigenvalue weighted by atomic mass is 10.0. The van der Waals surface area contributed by atoms with Gasteiger partial charge in [-0.2, -0.15) is 0 Å². The van der Waals surface area contributed by atoms with Crippen LogP contribution < -0.4 is 43.1 Å². The fourth-order valence-corrected chi connectivity index (χ4v) is 3.61. The lowest BCUT2D eigenvalue weighted by molar-refractivity contribution is -0.688. The number of hydrogen-bond donors (Lipinski definition) is 0. The van der Waals surface area contributed by atoms with Crippen molar-refractivity contribution in [1.82, 2.24) is 0 Å². The van der Waals surface area contributed by atoms with Crippen molar-refractivity contribution >= 4 is 0 Å². The summed E-state index contributed by atoms with van der Waals surface area (Å²) in [6.07, 6.45) is 10.7. The van der Waals surface area contributed by atoms with Crippen LogP contribution in [0.1, 0.15) is 33.4 Å². The molecule has 0 atom stereocenters. The zero-order chi connectivity index (χ0) is 20.8. The second kappa shape index (κ2) is 12.7. The predicted octanol–water partition coefficient (Wildman–Crippen LogP) is -1.23. The molecule has 0 aliphatic heterocycles. The Morgan fingerprint density at radius 2 is 0.719 bits per heavy atom. The summed E-state index contributed by atoms with van der Waals surface area (Å²) < 4.78 is 4.44. The summed E-state index contributed by atoms with van der Waals surface area (Å²) in [5, 5.41) is 0. The standard InChI is InChI=1S/C28H30N2.2BrH/c1-23-13-17-29(18-14-23)21-27-9-5-25(6-10-27)3-4-26-7-11-28(12-8-26)22-30-19-15-24(2)16-20-30;;/h5-20H,3-4,21-22H2,1-2H3;2*1H/q+2;;/p-2. The number of pyridine rings is 2. The Bertz CT molecular complexity index is 981. The molecule has 0 fully saturated rings. The molecule has 2 nitrogen and oxygen atoms in total. The topological polar surface area (TPSA) is 7.76 Å². The molecule has 0 N–H and O–H groups in total. The van der Waals surface area contributed by atoms with Gasteiger partial charge in [-0.05, 0) is 48.9 Å². The minimum absolute atomic E-state index is 0. The van der Waals surface area contributed by atoms with Crippen molar-refractivity contribution in [3.05, 3.63) is 131 Å². The van der Waals surface area contributed by atoms with Crippen molar-refractivity contribution in [2.45, 2.75) is 39.8 Å². The number of aryl methyl sites for hydroxylation is 4. The van der Waals surface area contributed by atoms with E-state index in [0.29, 0.717) is 0 Å². The maximum atomic E-state index is 2.27. The van der Waals surface area contributed by atoms with Gasteiger partial charge in [-0.15, -0.1) is 0 Å². The predicted molar refractivity (Wildman–Crippen MR) is 121 cm³/mol. The van der Waals surface area contributed by atoms with Gasteiger partial charge in [0.25, 0.3) is 0 Å². The highest BCUT2D eigenvalue weighted by Gasteiger charge is 2.05. The number of rotatable bonds is 7. The van der Waals surface area contributed by atoms with E-state index in [1.54, 1.807) is 0 Å². The first-order valence-electron chi connectivity index (χ1n) is 10.7. The summed E-state index contributed by atoms with van der Waals surface area (Å²) in [7, 11) is 0. The molecule has 4 aromatic rings. The van der Waals surface area contributed by atoms with Crippen LogP contribution in [0.25, 0.3) is 0 Å². The number of aromatic nitrogens is 2. The van der Waals surface area contributed by atoms with Crippen LogP contribution in [0.15, 0.2) is 97.6 Å². The maximum Gasteiger partial charge on any atom is 0.173 e. The molecule has 166 valence electrons. The summed E-state index contributed by atoms with van der Waals surface area (Å²) in [4.78, 5) is 0. The Labute approximate surface area is 213 Å². The molecular formula is C28H30Br2N2. The zero-order valence-corrected chi connectivity index (χ0v) is 21.9. The third kappa shape index (κ3) is 7.68. The van der Waals surface area contributed by atoms with Gasteiger partial charge in [-0.25, -0.2) is 9.13 Å². The highest BCUT2D eigenvalue weighted by Crippen LogP contribution is 2.11. The smallest absolute Gasteiger partial charge is 0.173 e. The Hall–Kier alpha value is -2.30. The normalized spacial score (nSPS) is 10.2. The highest BCUT2D eigenvalue weighted by molar-refractivity contribution is 5.26. The molecule has 32 heavy (non-hydrogen) atoms.